The van der Waals surface area contributed by atoms with Crippen molar-refractivity contribution in [2.75, 3.05) is 13.1 Å². The lowest BCUT2D eigenvalue weighted by Gasteiger charge is -2.17. The Balaban J connectivity index is 2.04. The first-order chi connectivity index (χ1) is 11.0. The van der Waals surface area contributed by atoms with Crippen LogP contribution in [0, 0.1) is 12.7 Å². The van der Waals surface area contributed by atoms with E-state index in [9.17, 15) is 18.4 Å². The standard InChI is InChI=1S/C17H16F2N2O2/c1-11-6-9-21(14-4-2-12(18)3-5-14)17(23)15(11)16(22)20-8-7-13(19)10-20/h2-6,9,13H,7-8,10H2,1H3/t13-/m1/s1. The Kier molecular flexibility index (Phi) is 3.98. The quantitative estimate of drug-likeness (QED) is 0.854. The molecular weight excluding hydrogens is 302 g/mol. The second-order valence-electron chi connectivity index (χ2n) is 5.66. The van der Waals surface area contributed by atoms with Gasteiger partial charge in [0.05, 0.1) is 6.54 Å². The fourth-order valence-electron chi connectivity index (χ4n) is 2.75. The lowest BCUT2D eigenvalue weighted by atomic mass is 10.1. The smallest absolute Gasteiger partial charge is 0.268 e. The van der Waals surface area contributed by atoms with Crippen LogP contribution in [0.2, 0.25) is 0 Å². The summed E-state index contributed by atoms with van der Waals surface area (Å²) in [5.74, 6) is -0.861. The molecule has 1 aliphatic rings. The Bertz CT molecular complexity index is 799. The van der Waals surface area contributed by atoms with E-state index in [2.05, 4.69) is 0 Å². The maximum absolute atomic E-state index is 13.3. The van der Waals surface area contributed by atoms with E-state index in [1.807, 2.05) is 0 Å². The molecule has 23 heavy (non-hydrogen) atoms. The van der Waals surface area contributed by atoms with Crippen LogP contribution in [0.25, 0.3) is 5.69 Å². The van der Waals surface area contributed by atoms with Gasteiger partial charge in [-0.2, -0.15) is 0 Å². The van der Waals surface area contributed by atoms with Gasteiger partial charge in [-0.1, -0.05) is 0 Å². The van der Waals surface area contributed by atoms with Gasteiger partial charge in [0.2, 0.25) is 0 Å². The minimum absolute atomic E-state index is 0.0170. The van der Waals surface area contributed by atoms with Crippen molar-refractivity contribution in [1.82, 2.24) is 9.47 Å². The topological polar surface area (TPSA) is 42.3 Å². The first kappa shape index (κ1) is 15.4. The molecule has 120 valence electrons. The molecule has 0 unspecified atom stereocenters. The molecule has 1 amide bonds. The van der Waals surface area contributed by atoms with Gasteiger partial charge in [-0.3, -0.25) is 14.2 Å². The van der Waals surface area contributed by atoms with Crippen LogP contribution in [0.15, 0.2) is 41.3 Å². The molecule has 2 aromatic rings. The predicted octanol–water partition coefficient (Wildman–Crippen LogP) is 2.47. The number of nitrogens with zero attached hydrogens (tertiary/aromatic N) is 2. The Morgan fingerprint density at radius 1 is 1.22 bits per heavy atom. The van der Waals surface area contributed by atoms with E-state index in [0.717, 1.165) is 0 Å². The molecule has 0 N–H and O–H groups in total. The normalized spacial score (nSPS) is 17.5. The van der Waals surface area contributed by atoms with E-state index in [1.165, 1.54) is 33.7 Å². The fourth-order valence-corrected chi connectivity index (χ4v) is 2.75. The molecule has 2 heterocycles. The number of amides is 1. The van der Waals surface area contributed by atoms with Gasteiger partial charge in [-0.25, -0.2) is 8.78 Å². The molecule has 1 atom stereocenters. The first-order valence-electron chi connectivity index (χ1n) is 7.39. The zero-order chi connectivity index (χ0) is 16.6. The molecule has 3 rings (SSSR count). The number of benzene rings is 1. The van der Waals surface area contributed by atoms with Crippen molar-refractivity contribution in [1.29, 1.82) is 0 Å². The van der Waals surface area contributed by atoms with E-state index >= 15 is 0 Å². The van der Waals surface area contributed by atoms with Gasteiger partial charge in [0, 0.05) is 18.4 Å². The molecular formula is C17H16F2N2O2. The lowest BCUT2D eigenvalue weighted by molar-refractivity contribution is 0.0780. The molecule has 1 aliphatic heterocycles. The van der Waals surface area contributed by atoms with Gasteiger partial charge in [0.15, 0.2) is 0 Å². The van der Waals surface area contributed by atoms with E-state index in [0.29, 0.717) is 24.2 Å². The lowest BCUT2D eigenvalue weighted by Crippen LogP contribution is -2.36. The Labute approximate surface area is 132 Å². The summed E-state index contributed by atoms with van der Waals surface area (Å²) in [4.78, 5) is 26.6. The fraction of sp³-hybridized carbons (Fsp3) is 0.294. The summed E-state index contributed by atoms with van der Waals surface area (Å²) < 4.78 is 27.6. The van der Waals surface area contributed by atoms with E-state index in [-0.39, 0.29) is 12.1 Å². The van der Waals surface area contributed by atoms with Crippen molar-refractivity contribution in [3.63, 3.8) is 0 Å². The summed E-state index contributed by atoms with van der Waals surface area (Å²) in [5.41, 5.74) is 0.561. The van der Waals surface area contributed by atoms with Crippen molar-refractivity contribution >= 4 is 5.91 Å². The van der Waals surface area contributed by atoms with Gasteiger partial charge >= 0.3 is 0 Å². The molecule has 1 saturated heterocycles. The highest BCUT2D eigenvalue weighted by molar-refractivity contribution is 5.95. The second-order valence-corrected chi connectivity index (χ2v) is 5.66. The number of hydrogen-bond acceptors (Lipinski definition) is 2. The number of pyridine rings is 1. The first-order valence-corrected chi connectivity index (χ1v) is 7.39. The number of likely N-dealkylation sites (tertiary alicyclic amines) is 1. The van der Waals surface area contributed by atoms with Crippen molar-refractivity contribution < 1.29 is 13.6 Å². The largest absolute Gasteiger partial charge is 0.335 e. The third-order valence-electron chi connectivity index (χ3n) is 4.04. The van der Waals surface area contributed by atoms with Crippen molar-refractivity contribution in [3.8, 4) is 5.69 Å². The summed E-state index contributed by atoms with van der Waals surface area (Å²) in [7, 11) is 0. The van der Waals surface area contributed by atoms with Crippen molar-refractivity contribution in [2.24, 2.45) is 0 Å². The molecule has 1 fully saturated rings. The number of halogens is 2. The van der Waals surface area contributed by atoms with Gasteiger partial charge in [0.1, 0.15) is 17.6 Å². The zero-order valence-corrected chi connectivity index (χ0v) is 12.6. The van der Waals surface area contributed by atoms with Crippen LogP contribution >= 0.6 is 0 Å². The molecule has 1 aromatic heterocycles. The average molecular weight is 318 g/mol. The highest BCUT2D eigenvalue weighted by Crippen LogP contribution is 2.17. The number of hydrogen-bond donors (Lipinski definition) is 0. The molecule has 0 spiro atoms. The minimum atomic E-state index is -1.04. The second kappa shape index (κ2) is 5.95. The number of alkyl halides is 1. The summed E-state index contributed by atoms with van der Waals surface area (Å²) in [6.07, 6.45) is 0.801. The molecule has 6 heteroatoms. The molecule has 4 nitrogen and oxygen atoms in total. The number of carbonyl (C=O) groups excluding carboxylic acids is 1. The maximum atomic E-state index is 13.3. The van der Waals surface area contributed by atoms with Crippen LogP contribution in [-0.4, -0.2) is 34.6 Å². The third kappa shape index (κ3) is 2.88. The van der Waals surface area contributed by atoms with E-state index in [4.69, 9.17) is 0 Å². The van der Waals surface area contributed by atoms with Crippen LogP contribution in [0.3, 0.4) is 0 Å². The zero-order valence-electron chi connectivity index (χ0n) is 12.6. The highest BCUT2D eigenvalue weighted by Gasteiger charge is 2.29. The van der Waals surface area contributed by atoms with Crippen LogP contribution in [0.5, 0.6) is 0 Å². The van der Waals surface area contributed by atoms with Crippen LogP contribution in [0.1, 0.15) is 22.3 Å². The van der Waals surface area contributed by atoms with Crippen LogP contribution in [-0.2, 0) is 0 Å². The molecule has 1 aromatic carbocycles. The van der Waals surface area contributed by atoms with Gasteiger partial charge in [0.25, 0.3) is 11.5 Å². The maximum Gasteiger partial charge on any atom is 0.268 e. The molecule has 0 aliphatic carbocycles. The highest BCUT2D eigenvalue weighted by atomic mass is 19.1. The summed E-state index contributed by atoms with van der Waals surface area (Å²) in [5, 5.41) is 0. The number of carbonyl (C=O) groups is 1. The van der Waals surface area contributed by atoms with Gasteiger partial charge < -0.3 is 4.90 Å². The Hall–Kier alpha value is -2.50. The van der Waals surface area contributed by atoms with Crippen molar-refractivity contribution in [2.45, 2.75) is 19.5 Å². The minimum Gasteiger partial charge on any atom is -0.335 e. The Morgan fingerprint density at radius 2 is 1.91 bits per heavy atom. The number of aryl methyl sites for hydroxylation is 1. The van der Waals surface area contributed by atoms with Crippen molar-refractivity contribution in [3.05, 3.63) is 63.8 Å². The Morgan fingerprint density at radius 3 is 2.52 bits per heavy atom. The van der Waals surface area contributed by atoms with E-state index < -0.39 is 23.5 Å². The van der Waals surface area contributed by atoms with Crippen LogP contribution in [0.4, 0.5) is 8.78 Å². The number of rotatable bonds is 2. The summed E-state index contributed by atoms with van der Waals surface area (Å²) in [6.45, 7) is 2.00. The number of aromatic nitrogens is 1. The summed E-state index contributed by atoms with van der Waals surface area (Å²) >= 11 is 0. The summed E-state index contributed by atoms with van der Waals surface area (Å²) in [6, 6.07) is 7.08. The molecule has 0 saturated carbocycles. The van der Waals surface area contributed by atoms with Gasteiger partial charge in [-0.15, -0.1) is 0 Å². The molecule has 0 radical (unpaired) electrons. The monoisotopic (exact) mass is 318 g/mol. The van der Waals surface area contributed by atoms with E-state index in [1.54, 1.807) is 19.2 Å². The average Bonchev–Trinajstić information content (AvgIpc) is 2.95. The molecule has 0 bridgehead atoms. The van der Waals surface area contributed by atoms with Crippen LogP contribution < -0.4 is 5.56 Å². The SMILES string of the molecule is Cc1ccn(-c2ccc(F)cc2)c(=O)c1C(=O)N1CC[C@@H](F)C1. The third-order valence-corrected chi connectivity index (χ3v) is 4.04. The predicted molar refractivity (Wildman–Crippen MR) is 82.2 cm³/mol. The van der Waals surface area contributed by atoms with Gasteiger partial charge in [-0.05, 0) is 49.2 Å².